The number of benzene rings is 1. The number of likely N-dealkylation sites (tertiary alicyclic amines) is 1. The van der Waals surface area contributed by atoms with E-state index in [-0.39, 0.29) is 17.6 Å². The minimum Gasteiger partial charge on any atom is -0.483 e. The van der Waals surface area contributed by atoms with E-state index in [4.69, 9.17) is 9.90 Å². The molecule has 35 heavy (non-hydrogen) atoms. The van der Waals surface area contributed by atoms with Crippen molar-refractivity contribution in [2.75, 3.05) is 13.1 Å². The van der Waals surface area contributed by atoms with Gasteiger partial charge in [-0.1, -0.05) is 33.6 Å². The van der Waals surface area contributed by atoms with E-state index < -0.39 is 6.61 Å². The maximum atomic E-state index is 12.9. The molecule has 6 nitrogen and oxygen atoms in total. The van der Waals surface area contributed by atoms with E-state index in [0.717, 1.165) is 36.3 Å². The van der Waals surface area contributed by atoms with Crippen LogP contribution in [0.2, 0.25) is 0 Å². The maximum Gasteiger partial charge on any atom is 0.387 e. The molecule has 1 aliphatic heterocycles. The van der Waals surface area contributed by atoms with Crippen molar-refractivity contribution in [3.8, 4) is 22.4 Å². The number of rotatable bonds is 7. The van der Waals surface area contributed by atoms with Gasteiger partial charge >= 0.3 is 6.61 Å². The van der Waals surface area contributed by atoms with E-state index in [1.807, 2.05) is 6.20 Å². The van der Waals surface area contributed by atoms with Crippen LogP contribution >= 0.6 is 11.3 Å². The molecule has 1 aliphatic carbocycles. The zero-order valence-corrected chi connectivity index (χ0v) is 21.2. The van der Waals surface area contributed by atoms with Crippen molar-refractivity contribution in [1.29, 1.82) is 5.26 Å². The summed E-state index contributed by atoms with van der Waals surface area (Å²) in [5.41, 5.74) is 1.11. The fourth-order valence-corrected chi connectivity index (χ4v) is 5.72. The van der Waals surface area contributed by atoms with E-state index >= 15 is 0 Å². The minimum absolute atomic E-state index is 0.0511. The number of halogens is 2. The van der Waals surface area contributed by atoms with E-state index in [1.165, 1.54) is 49.2 Å². The Morgan fingerprint density at radius 2 is 2.03 bits per heavy atom. The molecule has 0 bridgehead atoms. The van der Waals surface area contributed by atoms with Crippen molar-refractivity contribution in [3.63, 3.8) is 0 Å². The van der Waals surface area contributed by atoms with Crippen LogP contribution in [0.3, 0.4) is 0 Å². The van der Waals surface area contributed by atoms with Crippen LogP contribution in [0.5, 0.6) is 5.75 Å². The van der Waals surface area contributed by atoms with Crippen LogP contribution in [0, 0.1) is 34.5 Å². The van der Waals surface area contributed by atoms with E-state index in [0.29, 0.717) is 22.1 Å². The van der Waals surface area contributed by atoms with Crippen molar-refractivity contribution in [3.05, 3.63) is 34.8 Å². The van der Waals surface area contributed by atoms with Crippen LogP contribution in [0.15, 0.2) is 24.4 Å². The second-order valence-electron chi connectivity index (χ2n) is 10.5. The molecule has 0 spiro atoms. The number of hydrogen-bond donors (Lipinski definition) is 1. The topological polar surface area (TPSA) is 86.5 Å². The molecule has 2 fully saturated rings. The first-order valence-electron chi connectivity index (χ1n) is 11.9. The van der Waals surface area contributed by atoms with Gasteiger partial charge in [-0.2, -0.15) is 14.0 Å². The Bertz CT molecular complexity index is 1030. The number of nitriles is 1. The lowest BCUT2D eigenvalue weighted by Gasteiger charge is -2.43. The number of aromatic nitrogens is 1. The average Bonchev–Trinajstić information content (AvgIpc) is 3.48. The van der Waals surface area contributed by atoms with Crippen molar-refractivity contribution in [2.45, 2.75) is 59.6 Å². The number of alkyl halides is 2. The number of carbonyl (C=O) groups is 1. The number of carboxylic acid groups (broad SMARTS) is 1. The Morgan fingerprint density at radius 1 is 1.31 bits per heavy atom. The monoisotopic (exact) mass is 505 g/mol. The van der Waals surface area contributed by atoms with Gasteiger partial charge in [-0.25, -0.2) is 4.98 Å². The highest BCUT2D eigenvalue weighted by atomic mass is 32.1. The number of ether oxygens (including phenoxy) is 1. The van der Waals surface area contributed by atoms with Crippen LogP contribution in [0.1, 0.15) is 56.9 Å². The third-order valence-corrected chi connectivity index (χ3v) is 7.70. The lowest BCUT2D eigenvalue weighted by Crippen LogP contribution is -2.44. The van der Waals surface area contributed by atoms with Crippen LogP contribution in [0.25, 0.3) is 10.6 Å². The smallest absolute Gasteiger partial charge is 0.387 e. The molecule has 2 atom stereocenters. The summed E-state index contributed by atoms with van der Waals surface area (Å²) < 4.78 is 30.4. The highest BCUT2D eigenvalue weighted by molar-refractivity contribution is 7.15. The molecule has 2 unspecified atom stereocenters. The van der Waals surface area contributed by atoms with Gasteiger partial charge in [0.2, 0.25) is 0 Å². The third-order valence-electron chi connectivity index (χ3n) is 6.69. The lowest BCUT2D eigenvalue weighted by atomic mass is 9.72. The molecule has 1 aromatic carbocycles. The normalized spacial score (nSPS) is 20.6. The molecule has 9 heteroatoms. The second-order valence-corrected chi connectivity index (χ2v) is 11.6. The van der Waals surface area contributed by atoms with Crippen molar-refractivity contribution >= 4 is 17.8 Å². The van der Waals surface area contributed by atoms with Crippen LogP contribution in [-0.4, -0.2) is 41.2 Å². The third kappa shape index (κ3) is 7.97. The van der Waals surface area contributed by atoms with Gasteiger partial charge in [0.1, 0.15) is 10.8 Å². The first-order valence-corrected chi connectivity index (χ1v) is 12.7. The van der Waals surface area contributed by atoms with Gasteiger partial charge in [-0.15, -0.1) is 11.3 Å². The molecule has 1 saturated carbocycles. The van der Waals surface area contributed by atoms with Gasteiger partial charge in [0.15, 0.2) is 0 Å². The van der Waals surface area contributed by atoms with Crippen molar-refractivity contribution < 1.29 is 23.4 Å². The molecule has 0 radical (unpaired) electrons. The molecule has 2 aromatic rings. The van der Waals surface area contributed by atoms with Crippen LogP contribution in [0.4, 0.5) is 8.78 Å². The van der Waals surface area contributed by atoms with Gasteiger partial charge in [-0.05, 0) is 54.2 Å². The molecule has 1 aromatic heterocycles. The summed E-state index contributed by atoms with van der Waals surface area (Å²) in [4.78, 5) is 16.5. The highest BCUT2D eigenvalue weighted by Gasteiger charge is 2.36. The minimum atomic E-state index is -2.92. The Balaban J connectivity index is 0.00000108. The van der Waals surface area contributed by atoms with Crippen LogP contribution in [-0.2, 0) is 11.3 Å². The van der Waals surface area contributed by atoms with Gasteiger partial charge in [-0.3, -0.25) is 9.69 Å². The molecule has 1 N–H and O–H groups in total. The fourth-order valence-electron chi connectivity index (χ4n) is 4.75. The zero-order chi connectivity index (χ0) is 25.6. The summed E-state index contributed by atoms with van der Waals surface area (Å²) in [6.07, 6.45) is 7.26. The molecule has 0 amide bonds. The Kier molecular flexibility index (Phi) is 9.20. The first kappa shape index (κ1) is 27.0. The molecule has 2 aliphatic rings. The molecular weight excluding hydrogens is 472 g/mol. The maximum absolute atomic E-state index is 12.9. The Hall–Kier alpha value is -2.57. The number of piperidine rings is 1. The van der Waals surface area contributed by atoms with Gasteiger partial charge in [0, 0.05) is 30.7 Å². The summed E-state index contributed by atoms with van der Waals surface area (Å²) in [6, 6.07) is 6.53. The molecule has 2 heterocycles. The second kappa shape index (κ2) is 11.9. The molecule has 1 saturated heterocycles. The summed E-state index contributed by atoms with van der Waals surface area (Å²) in [5.74, 6) is 2.38. The highest BCUT2D eigenvalue weighted by Crippen LogP contribution is 2.43. The van der Waals surface area contributed by atoms with E-state index in [2.05, 4.69) is 41.5 Å². The SMILES string of the molecule is CC(C)(C)C1CC(CC2CC2)CN(Cc2cnc(-c3cc(C#N)ccc3OC(F)F)s2)C1.O=CO. The summed E-state index contributed by atoms with van der Waals surface area (Å²) in [5, 5.41) is 16.7. The van der Waals surface area contributed by atoms with Gasteiger partial charge in [0.25, 0.3) is 6.47 Å². The zero-order valence-electron chi connectivity index (χ0n) is 20.4. The summed E-state index contributed by atoms with van der Waals surface area (Å²) in [7, 11) is 0. The number of nitrogens with zero attached hydrogens (tertiary/aromatic N) is 3. The molecule has 4 rings (SSSR count). The van der Waals surface area contributed by atoms with Gasteiger partial charge < -0.3 is 9.84 Å². The van der Waals surface area contributed by atoms with Crippen LogP contribution < -0.4 is 4.74 Å². The average molecular weight is 506 g/mol. The van der Waals surface area contributed by atoms with E-state index in [9.17, 15) is 14.0 Å². The summed E-state index contributed by atoms with van der Waals surface area (Å²) >= 11 is 1.49. The summed E-state index contributed by atoms with van der Waals surface area (Å²) in [6.45, 7) is 6.84. The lowest BCUT2D eigenvalue weighted by molar-refractivity contribution is -0.122. The largest absolute Gasteiger partial charge is 0.483 e. The number of hydrogen-bond acceptors (Lipinski definition) is 6. The first-order chi connectivity index (χ1) is 16.6. The predicted molar refractivity (Wildman–Crippen MR) is 131 cm³/mol. The number of thiazole rings is 1. The molecular formula is C26H33F2N3O3S. The Labute approximate surface area is 209 Å². The Morgan fingerprint density at radius 3 is 2.63 bits per heavy atom. The standard InChI is InChI=1S/C25H31F2N3OS.CH2O2/c1-25(2,3)19-9-18(8-16-4-5-16)13-30(14-19)15-20-12-29-23(32-20)21-10-17(11-28)6-7-22(21)31-24(26)27;2-1-3/h6-7,10,12,16,18-19,24H,4-5,8-9,13-15H2,1-3H3;1H,(H,2,3). The van der Waals surface area contributed by atoms with Crippen molar-refractivity contribution in [1.82, 2.24) is 9.88 Å². The van der Waals surface area contributed by atoms with Crippen molar-refractivity contribution in [2.24, 2.45) is 23.2 Å². The quantitative estimate of drug-likeness (QED) is 0.447. The van der Waals surface area contributed by atoms with Gasteiger partial charge in [0.05, 0.1) is 17.2 Å². The predicted octanol–water partition coefficient (Wildman–Crippen LogP) is 6.27. The fraction of sp³-hybridized carbons (Fsp3) is 0.577. The van der Waals surface area contributed by atoms with E-state index in [1.54, 1.807) is 6.07 Å². The molecule has 190 valence electrons.